The van der Waals surface area contributed by atoms with Crippen LogP contribution in [0.1, 0.15) is 12.0 Å². The summed E-state index contributed by atoms with van der Waals surface area (Å²) in [5.74, 6) is 0. The monoisotopic (exact) mass is 254 g/mol. The molecule has 0 bridgehead atoms. The van der Waals surface area contributed by atoms with E-state index in [0.717, 1.165) is 0 Å². The third-order valence-corrected chi connectivity index (χ3v) is 2.65. The number of rotatable bonds is 6. The van der Waals surface area contributed by atoms with Gasteiger partial charge in [0, 0.05) is 13.7 Å². The highest BCUT2D eigenvalue weighted by atomic mass is 35.5. The van der Waals surface area contributed by atoms with E-state index < -0.39 is 0 Å². The highest BCUT2D eigenvalue weighted by Crippen LogP contribution is 2.24. The van der Waals surface area contributed by atoms with Crippen LogP contribution in [-0.4, -0.2) is 31.5 Å². The van der Waals surface area contributed by atoms with Gasteiger partial charge in [0.15, 0.2) is 0 Å². The fraction of sp³-hybridized carbons (Fsp3) is 0.417. The van der Waals surface area contributed by atoms with Gasteiger partial charge in [-0.25, -0.2) is 0 Å². The number of ether oxygens (including phenoxy) is 1. The molecule has 0 heterocycles. The summed E-state index contributed by atoms with van der Waals surface area (Å²) in [6.07, 6.45) is 0.547. The Hall–Kier alpha value is -1.28. The summed E-state index contributed by atoms with van der Waals surface area (Å²) in [6, 6.07) is 7.23. The number of nitrogens with one attached hydrogen (secondary N) is 1. The Balaban J connectivity index is 2.85. The molecule has 2 N–H and O–H groups in total. The Bertz CT molecular complexity index is 398. The minimum Gasteiger partial charge on any atom is -0.396 e. The van der Waals surface area contributed by atoms with Crippen molar-refractivity contribution in [1.29, 1.82) is 5.26 Å². The lowest BCUT2D eigenvalue weighted by Gasteiger charge is -2.19. The lowest BCUT2D eigenvalue weighted by molar-refractivity contribution is 0.170. The normalized spacial score (nSPS) is 11.9. The maximum Gasteiger partial charge on any atom is 0.103 e. The van der Waals surface area contributed by atoms with Crippen LogP contribution in [0, 0.1) is 11.3 Å². The largest absolute Gasteiger partial charge is 0.396 e. The van der Waals surface area contributed by atoms with Crippen molar-refractivity contribution in [2.75, 3.05) is 25.6 Å². The van der Waals surface area contributed by atoms with Gasteiger partial charge >= 0.3 is 0 Å². The average molecular weight is 255 g/mol. The molecule has 1 aromatic rings. The summed E-state index contributed by atoms with van der Waals surface area (Å²) >= 11 is 5.92. The van der Waals surface area contributed by atoms with Gasteiger partial charge in [-0.2, -0.15) is 5.26 Å². The zero-order valence-corrected chi connectivity index (χ0v) is 10.4. The van der Waals surface area contributed by atoms with Crippen LogP contribution in [0.4, 0.5) is 5.69 Å². The van der Waals surface area contributed by atoms with Crippen LogP contribution in [0.15, 0.2) is 18.2 Å². The van der Waals surface area contributed by atoms with Crippen LogP contribution in [0.5, 0.6) is 0 Å². The van der Waals surface area contributed by atoms with E-state index in [9.17, 15) is 0 Å². The van der Waals surface area contributed by atoms with Gasteiger partial charge < -0.3 is 15.2 Å². The quantitative estimate of drug-likeness (QED) is 0.815. The first-order valence-corrected chi connectivity index (χ1v) is 5.65. The molecule has 1 aromatic carbocycles. The highest BCUT2D eigenvalue weighted by Gasteiger charge is 2.12. The molecule has 0 aromatic heterocycles. The smallest absolute Gasteiger partial charge is 0.103 e. The molecule has 4 nitrogen and oxygen atoms in total. The van der Waals surface area contributed by atoms with Crippen LogP contribution < -0.4 is 5.32 Å². The highest BCUT2D eigenvalue weighted by molar-refractivity contribution is 6.32. The summed E-state index contributed by atoms with van der Waals surface area (Å²) in [7, 11) is 1.59. The second-order valence-corrected chi connectivity index (χ2v) is 3.99. The minimum atomic E-state index is -0.0458. The molecule has 0 aliphatic heterocycles. The molecule has 92 valence electrons. The Kier molecular flexibility index (Phi) is 5.78. The van der Waals surface area contributed by atoms with Gasteiger partial charge in [-0.05, 0) is 18.6 Å². The van der Waals surface area contributed by atoms with Crippen molar-refractivity contribution in [3.05, 3.63) is 28.8 Å². The summed E-state index contributed by atoms with van der Waals surface area (Å²) < 4.78 is 5.04. The molecule has 1 atom stereocenters. The fourth-order valence-corrected chi connectivity index (χ4v) is 1.75. The zero-order valence-electron chi connectivity index (χ0n) is 9.61. The van der Waals surface area contributed by atoms with Crippen molar-refractivity contribution in [1.82, 2.24) is 0 Å². The molecular weight excluding hydrogens is 240 g/mol. The number of nitrogens with zero attached hydrogens (tertiary/aromatic N) is 1. The van der Waals surface area contributed by atoms with Crippen LogP contribution in [0.2, 0.25) is 5.02 Å². The number of methoxy groups -OCH3 is 1. The van der Waals surface area contributed by atoms with Crippen LogP contribution >= 0.6 is 11.6 Å². The molecule has 5 heteroatoms. The van der Waals surface area contributed by atoms with E-state index in [1.165, 1.54) is 0 Å². The average Bonchev–Trinajstić information content (AvgIpc) is 2.30. The molecule has 0 saturated heterocycles. The molecule has 0 saturated carbocycles. The lowest BCUT2D eigenvalue weighted by atomic mass is 10.1. The van der Waals surface area contributed by atoms with E-state index in [1.54, 1.807) is 25.3 Å². The number of halogens is 1. The maximum atomic E-state index is 9.02. The second-order valence-electron chi connectivity index (χ2n) is 3.58. The SMILES string of the molecule is COCC(CCO)Nc1cccc(Cl)c1C#N. The minimum absolute atomic E-state index is 0.0458. The molecule has 0 amide bonds. The van der Waals surface area contributed by atoms with E-state index in [4.69, 9.17) is 26.7 Å². The van der Waals surface area contributed by atoms with Crippen molar-refractivity contribution in [3.63, 3.8) is 0 Å². The number of aliphatic hydroxyl groups is 1. The number of benzene rings is 1. The Labute approximate surface area is 106 Å². The number of nitriles is 1. The van der Waals surface area contributed by atoms with Crippen LogP contribution in [-0.2, 0) is 4.74 Å². The van der Waals surface area contributed by atoms with Crippen LogP contribution in [0.25, 0.3) is 0 Å². The van der Waals surface area contributed by atoms with Gasteiger partial charge in [0.2, 0.25) is 0 Å². The molecule has 0 fully saturated rings. The van der Waals surface area contributed by atoms with Crippen molar-refractivity contribution < 1.29 is 9.84 Å². The first-order chi connectivity index (χ1) is 8.22. The maximum absolute atomic E-state index is 9.02. The standard InChI is InChI=1S/C12H15ClN2O2/c1-17-8-9(5-6-16)15-12-4-2-3-11(13)10(12)7-14/h2-4,9,15-16H,5-6,8H2,1H3. The van der Waals surface area contributed by atoms with E-state index in [-0.39, 0.29) is 12.6 Å². The Morgan fingerprint density at radius 3 is 2.94 bits per heavy atom. The summed E-state index contributed by atoms with van der Waals surface area (Å²) in [6.45, 7) is 0.515. The predicted molar refractivity (Wildman–Crippen MR) is 67.2 cm³/mol. The Morgan fingerprint density at radius 1 is 1.59 bits per heavy atom. The molecule has 0 spiro atoms. The number of aliphatic hydroxyl groups excluding tert-OH is 1. The van der Waals surface area contributed by atoms with Crippen molar-refractivity contribution in [3.8, 4) is 6.07 Å². The van der Waals surface area contributed by atoms with Crippen LogP contribution in [0.3, 0.4) is 0 Å². The van der Waals surface area contributed by atoms with Gasteiger partial charge in [0.1, 0.15) is 6.07 Å². The van der Waals surface area contributed by atoms with E-state index in [0.29, 0.717) is 29.3 Å². The van der Waals surface area contributed by atoms with Gasteiger partial charge in [0.05, 0.1) is 28.9 Å². The molecule has 0 radical (unpaired) electrons. The fourth-order valence-electron chi connectivity index (χ4n) is 1.53. The van der Waals surface area contributed by atoms with Gasteiger partial charge in [-0.3, -0.25) is 0 Å². The molecular formula is C12H15ClN2O2. The number of hydrogen-bond donors (Lipinski definition) is 2. The van der Waals surface area contributed by atoms with E-state index in [1.807, 2.05) is 0 Å². The van der Waals surface area contributed by atoms with E-state index >= 15 is 0 Å². The zero-order chi connectivity index (χ0) is 12.7. The Morgan fingerprint density at radius 2 is 2.35 bits per heavy atom. The van der Waals surface area contributed by atoms with E-state index in [2.05, 4.69) is 11.4 Å². The first-order valence-electron chi connectivity index (χ1n) is 5.27. The third kappa shape index (κ3) is 3.90. The predicted octanol–water partition coefficient (Wildman–Crippen LogP) is 2.02. The second kappa shape index (κ2) is 7.13. The molecule has 17 heavy (non-hydrogen) atoms. The first kappa shape index (κ1) is 13.8. The summed E-state index contributed by atoms with van der Waals surface area (Å²) in [5, 5.41) is 21.5. The molecule has 0 aliphatic carbocycles. The lowest BCUT2D eigenvalue weighted by Crippen LogP contribution is -2.26. The topological polar surface area (TPSA) is 65.3 Å². The number of hydrogen-bond acceptors (Lipinski definition) is 4. The van der Waals surface area contributed by atoms with Gasteiger partial charge in [0.25, 0.3) is 0 Å². The van der Waals surface area contributed by atoms with Gasteiger partial charge in [-0.15, -0.1) is 0 Å². The molecule has 1 rings (SSSR count). The summed E-state index contributed by atoms with van der Waals surface area (Å²) in [5.41, 5.74) is 1.07. The molecule has 0 aliphatic rings. The number of anilines is 1. The van der Waals surface area contributed by atoms with Gasteiger partial charge in [-0.1, -0.05) is 17.7 Å². The summed E-state index contributed by atoms with van der Waals surface area (Å²) in [4.78, 5) is 0. The van der Waals surface area contributed by atoms with Crippen molar-refractivity contribution in [2.24, 2.45) is 0 Å². The van der Waals surface area contributed by atoms with Crippen molar-refractivity contribution >= 4 is 17.3 Å². The third-order valence-electron chi connectivity index (χ3n) is 2.33. The molecule has 1 unspecified atom stereocenters. The van der Waals surface area contributed by atoms with Crippen molar-refractivity contribution in [2.45, 2.75) is 12.5 Å².